The molecule has 1 amide bonds. The van der Waals surface area contributed by atoms with Gasteiger partial charge in [0.15, 0.2) is 16.7 Å². The largest absolute Gasteiger partial charge is 0.486 e. The van der Waals surface area contributed by atoms with Gasteiger partial charge in [0.05, 0.1) is 5.75 Å². The van der Waals surface area contributed by atoms with E-state index < -0.39 is 0 Å². The maximum Gasteiger partial charge on any atom is 0.233 e. The molecule has 0 aliphatic carbocycles. The van der Waals surface area contributed by atoms with Gasteiger partial charge in [0.1, 0.15) is 19.5 Å². The Bertz CT molecular complexity index is 977. The first-order valence-corrected chi connectivity index (χ1v) is 10.5. The Kier molecular flexibility index (Phi) is 6.00. The molecule has 7 nitrogen and oxygen atoms in total. The number of para-hydroxylation sites is 1. The number of thioether (sulfide) groups is 1. The molecule has 0 saturated heterocycles. The molecule has 0 spiro atoms. The van der Waals surface area contributed by atoms with E-state index in [0.29, 0.717) is 37.2 Å². The number of nitrogens with zero attached hydrogens (tertiary/aromatic N) is 4. The fraction of sp³-hybridized carbons (Fsp3) is 0.286. The number of amides is 1. The Balaban J connectivity index is 1.40. The summed E-state index contributed by atoms with van der Waals surface area (Å²) in [5.74, 6) is 1.84. The lowest BCUT2D eigenvalue weighted by Gasteiger charge is -2.23. The van der Waals surface area contributed by atoms with Gasteiger partial charge in [0, 0.05) is 18.8 Å². The Hall–Kier alpha value is -3.00. The highest BCUT2D eigenvalue weighted by atomic mass is 32.2. The van der Waals surface area contributed by atoms with Crippen molar-refractivity contribution in [2.75, 3.05) is 25.5 Å². The second-order valence-corrected chi connectivity index (χ2v) is 7.44. The summed E-state index contributed by atoms with van der Waals surface area (Å²) in [6.45, 7) is 4.24. The number of ether oxygens (including phenoxy) is 2. The molecule has 2 aromatic carbocycles. The summed E-state index contributed by atoms with van der Waals surface area (Å²) in [4.78, 5) is 14.6. The van der Waals surface area contributed by atoms with E-state index in [-0.39, 0.29) is 5.91 Å². The van der Waals surface area contributed by atoms with E-state index in [0.717, 1.165) is 22.7 Å². The fourth-order valence-electron chi connectivity index (χ4n) is 3.09. The van der Waals surface area contributed by atoms with E-state index in [4.69, 9.17) is 9.47 Å². The first kappa shape index (κ1) is 19.3. The van der Waals surface area contributed by atoms with Crippen LogP contribution in [-0.4, -0.2) is 51.1 Å². The summed E-state index contributed by atoms with van der Waals surface area (Å²) < 4.78 is 13.1. The molecule has 2 heterocycles. The highest BCUT2D eigenvalue weighted by Crippen LogP contribution is 2.31. The smallest absolute Gasteiger partial charge is 0.233 e. The number of benzene rings is 2. The minimum atomic E-state index is 0.0509. The van der Waals surface area contributed by atoms with Crippen molar-refractivity contribution in [2.24, 2.45) is 0 Å². The third-order valence-corrected chi connectivity index (χ3v) is 5.52. The molecule has 150 valence electrons. The van der Waals surface area contributed by atoms with Gasteiger partial charge in [-0.25, -0.2) is 0 Å². The molecule has 0 saturated carbocycles. The van der Waals surface area contributed by atoms with E-state index in [2.05, 4.69) is 10.2 Å². The van der Waals surface area contributed by atoms with Crippen LogP contribution in [0.2, 0.25) is 0 Å². The van der Waals surface area contributed by atoms with Crippen LogP contribution in [0.4, 0.5) is 0 Å². The average molecular weight is 410 g/mol. The number of hydrogen-bond acceptors (Lipinski definition) is 6. The van der Waals surface area contributed by atoms with Crippen molar-refractivity contribution in [1.82, 2.24) is 19.7 Å². The summed E-state index contributed by atoms with van der Waals surface area (Å²) in [5.41, 5.74) is 1.98. The highest BCUT2D eigenvalue weighted by molar-refractivity contribution is 7.99. The molecule has 1 aromatic heterocycles. The Morgan fingerprint density at radius 1 is 1.14 bits per heavy atom. The minimum absolute atomic E-state index is 0.0509. The SMILES string of the molecule is CCN(Cc1ccc2c(c1)OCCO2)C(=O)CSc1nncn1-c1ccccc1. The Morgan fingerprint density at radius 3 is 2.72 bits per heavy atom. The van der Waals surface area contributed by atoms with Crippen LogP contribution in [0.3, 0.4) is 0 Å². The molecule has 29 heavy (non-hydrogen) atoms. The monoisotopic (exact) mass is 410 g/mol. The van der Waals surface area contributed by atoms with Crippen LogP contribution in [0.25, 0.3) is 5.69 Å². The second-order valence-electron chi connectivity index (χ2n) is 6.49. The van der Waals surface area contributed by atoms with Crippen LogP contribution >= 0.6 is 11.8 Å². The van der Waals surface area contributed by atoms with Gasteiger partial charge in [-0.3, -0.25) is 9.36 Å². The number of rotatable bonds is 7. The van der Waals surface area contributed by atoms with E-state index in [1.54, 1.807) is 6.33 Å². The van der Waals surface area contributed by atoms with Gasteiger partial charge >= 0.3 is 0 Å². The molecule has 0 N–H and O–H groups in total. The molecule has 0 unspecified atom stereocenters. The van der Waals surface area contributed by atoms with Crippen molar-refractivity contribution in [3.05, 3.63) is 60.4 Å². The first-order chi connectivity index (χ1) is 14.2. The van der Waals surface area contributed by atoms with Gasteiger partial charge in [-0.15, -0.1) is 10.2 Å². The van der Waals surface area contributed by atoms with Gasteiger partial charge in [0.2, 0.25) is 5.91 Å². The summed E-state index contributed by atoms with van der Waals surface area (Å²) in [5, 5.41) is 8.84. The van der Waals surface area contributed by atoms with Gasteiger partial charge in [-0.05, 0) is 36.8 Å². The predicted molar refractivity (Wildman–Crippen MR) is 111 cm³/mol. The molecule has 0 bridgehead atoms. The number of fused-ring (bicyclic) bond motifs is 1. The third kappa shape index (κ3) is 4.54. The Morgan fingerprint density at radius 2 is 1.93 bits per heavy atom. The van der Waals surface area contributed by atoms with Gasteiger partial charge in [0.25, 0.3) is 0 Å². The molecule has 4 rings (SSSR count). The van der Waals surface area contributed by atoms with Gasteiger partial charge in [-0.2, -0.15) is 0 Å². The standard InChI is InChI=1S/C21H22N4O3S/c1-2-24(13-16-8-9-18-19(12-16)28-11-10-27-18)20(26)14-29-21-23-22-15-25(21)17-6-4-3-5-7-17/h3-9,12,15H,2,10-11,13-14H2,1H3. The average Bonchev–Trinajstić information content (AvgIpc) is 3.25. The summed E-state index contributed by atoms with van der Waals surface area (Å²) >= 11 is 1.39. The summed E-state index contributed by atoms with van der Waals surface area (Å²) in [6, 6.07) is 15.7. The first-order valence-electron chi connectivity index (χ1n) is 9.49. The fourth-order valence-corrected chi connectivity index (χ4v) is 3.92. The third-order valence-electron chi connectivity index (χ3n) is 4.59. The molecule has 8 heteroatoms. The van der Waals surface area contributed by atoms with Crippen LogP contribution in [0.5, 0.6) is 11.5 Å². The van der Waals surface area contributed by atoms with E-state index >= 15 is 0 Å². The van der Waals surface area contributed by atoms with Crippen LogP contribution in [0.1, 0.15) is 12.5 Å². The maximum absolute atomic E-state index is 12.8. The van der Waals surface area contributed by atoms with Crippen molar-refractivity contribution in [1.29, 1.82) is 0 Å². The molecule has 1 aliphatic rings. The zero-order valence-corrected chi connectivity index (χ0v) is 17.0. The lowest BCUT2D eigenvalue weighted by atomic mass is 10.2. The van der Waals surface area contributed by atoms with E-state index in [9.17, 15) is 4.79 Å². The number of aromatic nitrogens is 3. The van der Waals surface area contributed by atoms with E-state index in [1.807, 2.05) is 64.9 Å². The molecular weight excluding hydrogens is 388 g/mol. The Labute approximate surface area is 173 Å². The van der Waals surface area contributed by atoms with Gasteiger partial charge in [-0.1, -0.05) is 36.0 Å². The molecule has 3 aromatic rings. The van der Waals surface area contributed by atoms with Crippen molar-refractivity contribution < 1.29 is 14.3 Å². The van der Waals surface area contributed by atoms with Crippen molar-refractivity contribution in [3.63, 3.8) is 0 Å². The number of hydrogen-bond donors (Lipinski definition) is 0. The topological polar surface area (TPSA) is 69.5 Å². The quantitative estimate of drug-likeness (QED) is 0.557. The van der Waals surface area contributed by atoms with Gasteiger partial charge < -0.3 is 14.4 Å². The zero-order valence-electron chi connectivity index (χ0n) is 16.2. The van der Waals surface area contributed by atoms with Crippen LogP contribution in [0, 0.1) is 0 Å². The van der Waals surface area contributed by atoms with Crippen LogP contribution in [0.15, 0.2) is 60.0 Å². The normalized spacial score (nSPS) is 12.6. The lowest BCUT2D eigenvalue weighted by molar-refractivity contribution is -0.128. The van der Waals surface area contributed by atoms with Crippen LogP contribution < -0.4 is 9.47 Å². The maximum atomic E-state index is 12.8. The minimum Gasteiger partial charge on any atom is -0.486 e. The van der Waals surface area contributed by atoms with Crippen molar-refractivity contribution in [3.8, 4) is 17.2 Å². The summed E-state index contributed by atoms with van der Waals surface area (Å²) in [6.07, 6.45) is 1.66. The second kappa shape index (κ2) is 9.00. The predicted octanol–water partition coefficient (Wildman–Crippen LogP) is 3.18. The zero-order chi connectivity index (χ0) is 20.1. The molecule has 0 radical (unpaired) electrons. The van der Waals surface area contributed by atoms with Crippen molar-refractivity contribution >= 4 is 17.7 Å². The highest BCUT2D eigenvalue weighted by Gasteiger charge is 2.17. The molecular formula is C21H22N4O3S. The lowest BCUT2D eigenvalue weighted by Crippen LogP contribution is -2.31. The van der Waals surface area contributed by atoms with E-state index in [1.165, 1.54) is 11.8 Å². The molecule has 1 aliphatic heterocycles. The number of carbonyl (C=O) groups excluding carboxylic acids is 1. The summed E-state index contributed by atoms with van der Waals surface area (Å²) in [7, 11) is 0. The molecule has 0 fully saturated rings. The van der Waals surface area contributed by atoms with Crippen LogP contribution in [-0.2, 0) is 11.3 Å². The number of carbonyl (C=O) groups is 1. The van der Waals surface area contributed by atoms with Crippen molar-refractivity contribution in [2.45, 2.75) is 18.6 Å². The molecule has 0 atom stereocenters.